The summed E-state index contributed by atoms with van der Waals surface area (Å²) in [5.41, 5.74) is -1.11. The standard InChI is InChI=1S/C16H28N2O3/c1-12-3-5-16(6-4-12,14(20)21)11-18-13(19)15(2)7-9-17-10-8-15/h12,17H,3-11H2,1-2H3,(H,18,19)(H,20,21). The second kappa shape index (κ2) is 6.34. The molecule has 120 valence electrons. The highest BCUT2D eigenvalue weighted by Crippen LogP contribution is 2.39. The summed E-state index contributed by atoms with van der Waals surface area (Å²) in [6.45, 7) is 6.13. The number of rotatable bonds is 4. The maximum atomic E-state index is 12.5. The predicted molar refractivity (Wildman–Crippen MR) is 80.9 cm³/mol. The van der Waals surface area contributed by atoms with E-state index in [1.807, 2.05) is 6.92 Å². The van der Waals surface area contributed by atoms with E-state index in [1.54, 1.807) is 0 Å². The summed E-state index contributed by atoms with van der Waals surface area (Å²) in [6, 6.07) is 0. The van der Waals surface area contributed by atoms with Crippen LogP contribution in [0.25, 0.3) is 0 Å². The summed E-state index contributed by atoms with van der Waals surface area (Å²) in [4.78, 5) is 24.2. The minimum Gasteiger partial charge on any atom is -0.481 e. The van der Waals surface area contributed by atoms with Crippen LogP contribution in [0.5, 0.6) is 0 Å². The zero-order valence-electron chi connectivity index (χ0n) is 13.2. The zero-order chi connectivity index (χ0) is 15.5. The molecule has 3 N–H and O–H groups in total. The molecule has 1 aliphatic heterocycles. The zero-order valence-corrected chi connectivity index (χ0v) is 13.2. The Morgan fingerprint density at radius 1 is 1.19 bits per heavy atom. The lowest BCUT2D eigenvalue weighted by Gasteiger charge is -2.38. The van der Waals surface area contributed by atoms with Crippen LogP contribution in [-0.2, 0) is 9.59 Å². The van der Waals surface area contributed by atoms with Gasteiger partial charge in [0, 0.05) is 12.0 Å². The van der Waals surface area contributed by atoms with E-state index in [0.29, 0.717) is 18.8 Å². The number of hydrogen-bond acceptors (Lipinski definition) is 3. The normalized spacial score (nSPS) is 32.4. The summed E-state index contributed by atoms with van der Waals surface area (Å²) in [5, 5.41) is 15.8. The van der Waals surface area contributed by atoms with E-state index < -0.39 is 11.4 Å². The molecule has 2 aliphatic rings. The van der Waals surface area contributed by atoms with Gasteiger partial charge in [-0.1, -0.05) is 13.8 Å². The number of carbonyl (C=O) groups is 2. The van der Waals surface area contributed by atoms with Gasteiger partial charge in [0.05, 0.1) is 5.41 Å². The highest BCUT2D eigenvalue weighted by atomic mass is 16.4. The van der Waals surface area contributed by atoms with Crippen molar-refractivity contribution >= 4 is 11.9 Å². The van der Waals surface area contributed by atoms with Crippen LogP contribution in [0.3, 0.4) is 0 Å². The highest BCUT2D eigenvalue weighted by molar-refractivity contribution is 5.83. The Bertz CT molecular complexity index is 394. The molecule has 0 unspecified atom stereocenters. The Hall–Kier alpha value is -1.10. The van der Waals surface area contributed by atoms with Crippen LogP contribution < -0.4 is 10.6 Å². The van der Waals surface area contributed by atoms with Crippen LogP contribution in [0, 0.1) is 16.7 Å². The molecule has 1 amide bonds. The topological polar surface area (TPSA) is 78.4 Å². The maximum absolute atomic E-state index is 12.5. The number of aliphatic carboxylic acids is 1. The third-order valence-corrected chi connectivity index (χ3v) is 5.53. The minimum atomic E-state index is -0.759. The molecule has 21 heavy (non-hydrogen) atoms. The number of piperidine rings is 1. The molecule has 0 spiro atoms. The molecule has 1 saturated heterocycles. The molecule has 2 fully saturated rings. The molecule has 0 bridgehead atoms. The molecule has 1 heterocycles. The SMILES string of the molecule is CC1CCC(CNC(=O)C2(C)CCNCC2)(C(=O)O)CC1. The third-order valence-electron chi connectivity index (χ3n) is 5.53. The van der Waals surface area contributed by atoms with Gasteiger partial charge in [-0.25, -0.2) is 0 Å². The van der Waals surface area contributed by atoms with Gasteiger partial charge in [-0.15, -0.1) is 0 Å². The molecule has 0 aromatic carbocycles. The molecule has 1 saturated carbocycles. The quantitative estimate of drug-likeness (QED) is 0.739. The summed E-state index contributed by atoms with van der Waals surface area (Å²) >= 11 is 0. The van der Waals surface area contributed by atoms with Crippen molar-refractivity contribution in [2.45, 2.75) is 52.4 Å². The summed E-state index contributed by atoms with van der Waals surface area (Å²) in [5.74, 6) is -0.150. The number of amides is 1. The van der Waals surface area contributed by atoms with Crippen molar-refractivity contribution in [3.8, 4) is 0 Å². The van der Waals surface area contributed by atoms with Gasteiger partial charge in [-0.3, -0.25) is 9.59 Å². The average Bonchev–Trinajstić information content (AvgIpc) is 2.47. The number of carbonyl (C=O) groups excluding carboxylic acids is 1. The van der Waals surface area contributed by atoms with Gasteiger partial charge in [-0.2, -0.15) is 0 Å². The Labute approximate surface area is 126 Å². The monoisotopic (exact) mass is 296 g/mol. The van der Waals surface area contributed by atoms with E-state index in [-0.39, 0.29) is 17.9 Å². The molecule has 0 atom stereocenters. The van der Waals surface area contributed by atoms with Crippen molar-refractivity contribution in [1.82, 2.24) is 10.6 Å². The molecular weight excluding hydrogens is 268 g/mol. The van der Waals surface area contributed by atoms with Gasteiger partial charge < -0.3 is 15.7 Å². The van der Waals surface area contributed by atoms with Gasteiger partial charge in [0.1, 0.15) is 0 Å². The minimum absolute atomic E-state index is 0.0169. The molecule has 0 aromatic heterocycles. The Balaban J connectivity index is 1.96. The van der Waals surface area contributed by atoms with Crippen LogP contribution in [-0.4, -0.2) is 36.6 Å². The van der Waals surface area contributed by atoms with Crippen molar-refractivity contribution in [3.05, 3.63) is 0 Å². The summed E-state index contributed by atoms with van der Waals surface area (Å²) in [6.07, 6.45) is 4.84. The Kier molecular flexibility index (Phi) is 4.91. The van der Waals surface area contributed by atoms with Crippen LogP contribution in [0.1, 0.15) is 52.4 Å². The molecule has 5 heteroatoms. The Morgan fingerprint density at radius 2 is 1.76 bits per heavy atom. The number of nitrogens with one attached hydrogen (secondary N) is 2. The molecule has 2 rings (SSSR count). The second-order valence-corrected chi connectivity index (χ2v) is 7.26. The second-order valence-electron chi connectivity index (χ2n) is 7.26. The fourth-order valence-electron chi connectivity index (χ4n) is 3.45. The fraction of sp³-hybridized carbons (Fsp3) is 0.875. The predicted octanol–water partition coefficient (Wildman–Crippen LogP) is 1.77. The molecule has 0 aromatic rings. The van der Waals surface area contributed by atoms with Gasteiger partial charge in [0.25, 0.3) is 0 Å². The number of carboxylic acids is 1. The summed E-state index contributed by atoms with van der Waals surface area (Å²) in [7, 11) is 0. The molecule has 5 nitrogen and oxygen atoms in total. The lowest BCUT2D eigenvalue weighted by Crippen LogP contribution is -2.51. The van der Waals surface area contributed by atoms with Gasteiger partial charge >= 0.3 is 5.97 Å². The van der Waals surface area contributed by atoms with E-state index in [4.69, 9.17) is 0 Å². The van der Waals surface area contributed by atoms with E-state index in [1.165, 1.54) is 0 Å². The van der Waals surface area contributed by atoms with Crippen molar-refractivity contribution in [1.29, 1.82) is 0 Å². The lowest BCUT2D eigenvalue weighted by atomic mass is 9.70. The van der Waals surface area contributed by atoms with Crippen LogP contribution in [0.2, 0.25) is 0 Å². The van der Waals surface area contributed by atoms with Gasteiger partial charge in [0.15, 0.2) is 0 Å². The molecular formula is C16H28N2O3. The highest BCUT2D eigenvalue weighted by Gasteiger charge is 2.43. The van der Waals surface area contributed by atoms with Crippen LogP contribution >= 0.6 is 0 Å². The Morgan fingerprint density at radius 3 is 2.29 bits per heavy atom. The van der Waals surface area contributed by atoms with Crippen molar-refractivity contribution < 1.29 is 14.7 Å². The fourth-order valence-corrected chi connectivity index (χ4v) is 3.45. The first-order valence-electron chi connectivity index (χ1n) is 8.10. The molecule has 0 radical (unpaired) electrons. The van der Waals surface area contributed by atoms with E-state index >= 15 is 0 Å². The first kappa shape index (κ1) is 16.3. The lowest BCUT2D eigenvalue weighted by molar-refractivity contribution is -0.152. The first-order chi connectivity index (χ1) is 9.88. The van der Waals surface area contributed by atoms with E-state index in [2.05, 4.69) is 17.6 Å². The largest absolute Gasteiger partial charge is 0.481 e. The van der Waals surface area contributed by atoms with E-state index in [9.17, 15) is 14.7 Å². The van der Waals surface area contributed by atoms with E-state index in [0.717, 1.165) is 38.8 Å². The van der Waals surface area contributed by atoms with Crippen molar-refractivity contribution in [2.75, 3.05) is 19.6 Å². The smallest absolute Gasteiger partial charge is 0.311 e. The average molecular weight is 296 g/mol. The van der Waals surface area contributed by atoms with Crippen LogP contribution in [0.15, 0.2) is 0 Å². The number of hydrogen-bond donors (Lipinski definition) is 3. The maximum Gasteiger partial charge on any atom is 0.311 e. The first-order valence-corrected chi connectivity index (χ1v) is 8.10. The summed E-state index contributed by atoms with van der Waals surface area (Å²) < 4.78 is 0. The third kappa shape index (κ3) is 3.57. The van der Waals surface area contributed by atoms with Gasteiger partial charge in [0.2, 0.25) is 5.91 Å². The number of carboxylic acid groups (broad SMARTS) is 1. The van der Waals surface area contributed by atoms with Gasteiger partial charge in [-0.05, 0) is 57.5 Å². The van der Waals surface area contributed by atoms with Crippen LogP contribution in [0.4, 0.5) is 0 Å². The van der Waals surface area contributed by atoms with Crippen molar-refractivity contribution in [3.63, 3.8) is 0 Å². The van der Waals surface area contributed by atoms with Crippen molar-refractivity contribution in [2.24, 2.45) is 16.7 Å². The molecule has 1 aliphatic carbocycles.